The van der Waals surface area contributed by atoms with E-state index in [4.69, 9.17) is 0 Å². The number of amides is 1. The molecule has 3 heterocycles. The second-order valence-electron chi connectivity index (χ2n) is 6.97. The molecule has 1 aliphatic heterocycles. The highest BCUT2D eigenvalue weighted by atomic mass is 16.2. The molecule has 27 heavy (non-hydrogen) atoms. The summed E-state index contributed by atoms with van der Waals surface area (Å²) in [6, 6.07) is 15.9. The summed E-state index contributed by atoms with van der Waals surface area (Å²) in [7, 11) is 1.95. The highest BCUT2D eigenvalue weighted by Gasteiger charge is 2.31. The Kier molecular flexibility index (Phi) is 3.57. The number of aromatic amines is 1. The van der Waals surface area contributed by atoms with Gasteiger partial charge in [0, 0.05) is 25.1 Å². The van der Waals surface area contributed by atoms with Gasteiger partial charge in [-0.15, -0.1) is 0 Å². The Bertz CT molecular complexity index is 1130. The number of nitrogens with zero attached hydrogens (tertiary/aromatic N) is 4. The van der Waals surface area contributed by atoms with E-state index in [0.717, 1.165) is 22.4 Å². The van der Waals surface area contributed by atoms with E-state index in [1.807, 2.05) is 52.9 Å². The number of aryl methyl sites for hydroxylation is 1. The molecule has 1 aliphatic rings. The van der Waals surface area contributed by atoms with E-state index in [2.05, 4.69) is 27.1 Å². The van der Waals surface area contributed by atoms with Gasteiger partial charge in [0.2, 0.25) is 0 Å². The largest absolute Gasteiger partial charge is 0.347 e. The third-order valence-corrected chi connectivity index (χ3v) is 5.30. The van der Waals surface area contributed by atoms with Crippen LogP contribution in [-0.4, -0.2) is 36.9 Å². The molecule has 4 aromatic rings. The number of aromatic nitrogens is 4. The van der Waals surface area contributed by atoms with Crippen molar-refractivity contribution < 1.29 is 4.79 Å². The summed E-state index contributed by atoms with van der Waals surface area (Å²) in [6.07, 6.45) is 3.48. The lowest BCUT2D eigenvalue weighted by Gasteiger charge is -2.32. The molecule has 6 nitrogen and oxygen atoms in total. The van der Waals surface area contributed by atoms with Gasteiger partial charge < -0.3 is 14.5 Å². The molecule has 6 heteroatoms. The molecule has 5 rings (SSSR count). The van der Waals surface area contributed by atoms with E-state index >= 15 is 0 Å². The van der Waals surface area contributed by atoms with Gasteiger partial charge in [-0.05, 0) is 23.8 Å². The summed E-state index contributed by atoms with van der Waals surface area (Å²) in [5.74, 6) is 0.0902. The van der Waals surface area contributed by atoms with E-state index in [0.29, 0.717) is 18.7 Å². The number of rotatable bonds is 2. The van der Waals surface area contributed by atoms with Crippen LogP contribution in [0.25, 0.3) is 11.0 Å². The predicted molar refractivity (Wildman–Crippen MR) is 102 cm³/mol. The minimum absolute atomic E-state index is 0.0173. The van der Waals surface area contributed by atoms with Gasteiger partial charge in [-0.3, -0.25) is 4.79 Å². The number of H-pyrrole nitrogens is 1. The van der Waals surface area contributed by atoms with Crippen LogP contribution < -0.4 is 0 Å². The first-order chi connectivity index (χ1) is 13.2. The Morgan fingerprint density at radius 3 is 2.85 bits per heavy atom. The fourth-order valence-electron chi connectivity index (χ4n) is 3.88. The van der Waals surface area contributed by atoms with Gasteiger partial charge in [0.25, 0.3) is 5.91 Å². The number of carbonyl (C=O) groups is 1. The summed E-state index contributed by atoms with van der Waals surface area (Å²) < 4.78 is 1.95. The molecule has 0 bridgehead atoms. The molecular weight excluding hydrogens is 338 g/mol. The monoisotopic (exact) mass is 357 g/mol. The zero-order valence-electron chi connectivity index (χ0n) is 15.0. The van der Waals surface area contributed by atoms with Crippen molar-refractivity contribution in [2.75, 3.05) is 6.54 Å². The van der Waals surface area contributed by atoms with Crippen LogP contribution in [0.2, 0.25) is 0 Å². The third-order valence-electron chi connectivity index (χ3n) is 5.30. The van der Waals surface area contributed by atoms with Crippen LogP contribution in [0, 0.1) is 0 Å². The van der Waals surface area contributed by atoms with Gasteiger partial charge in [-0.2, -0.15) is 0 Å². The topological polar surface area (TPSA) is 66.8 Å². The Balaban J connectivity index is 1.50. The lowest BCUT2D eigenvalue weighted by Crippen LogP contribution is -2.38. The number of hydrogen-bond donors (Lipinski definition) is 1. The number of hydrogen-bond acceptors (Lipinski definition) is 3. The van der Waals surface area contributed by atoms with Gasteiger partial charge >= 0.3 is 0 Å². The van der Waals surface area contributed by atoms with Crippen LogP contribution in [0.15, 0.2) is 61.2 Å². The average Bonchev–Trinajstić information content (AvgIpc) is 3.33. The molecule has 2 aromatic heterocycles. The van der Waals surface area contributed by atoms with Crippen LogP contribution in [0.1, 0.15) is 33.2 Å². The van der Waals surface area contributed by atoms with Crippen LogP contribution in [-0.2, 0) is 13.6 Å². The van der Waals surface area contributed by atoms with Crippen LogP contribution in [0.5, 0.6) is 0 Å². The number of benzene rings is 2. The maximum atomic E-state index is 13.2. The fourth-order valence-corrected chi connectivity index (χ4v) is 3.88. The minimum Gasteiger partial charge on any atom is -0.347 e. The number of nitrogens with one attached hydrogen (secondary N) is 1. The van der Waals surface area contributed by atoms with Crippen molar-refractivity contribution in [3.8, 4) is 0 Å². The first kappa shape index (κ1) is 15.8. The predicted octanol–water partition coefficient (Wildman–Crippen LogP) is 3.08. The number of imidazole rings is 2. The highest BCUT2D eigenvalue weighted by molar-refractivity contribution is 5.97. The molecule has 1 atom stereocenters. The molecule has 2 aromatic carbocycles. The van der Waals surface area contributed by atoms with Crippen molar-refractivity contribution in [3.63, 3.8) is 0 Å². The van der Waals surface area contributed by atoms with Crippen LogP contribution >= 0.6 is 0 Å². The van der Waals surface area contributed by atoms with Crippen molar-refractivity contribution in [2.45, 2.75) is 12.5 Å². The molecule has 0 spiro atoms. The molecule has 0 saturated heterocycles. The van der Waals surface area contributed by atoms with Gasteiger partial charge in [-0.1, -0.05) is 30.3 Å². The molecule has 1 unspecified atom stereocenters. The molecule has 1 amide bonds. The molecule has 134 valence electrons. The summed E-state index contributed by atoms with van der Waals surface area (Å²) in [6.45, 7) is 1.15. The summed E-state index contributed by atoms with van der Waals surface area (Å²) >= 11 is 0. The van der Waals surface area contributed by atoms with Crippen molar-refractivity contribution in [3.05, 3.63) is 83.7 Å². The van der Waals surface area contributed by atoms with Gasteiger partial charge in [0.15, 0.2) is 0 Å². The van der Waals surface area contributed by atoms with E-state index < -0.39 is 0 Å². The molecule has 0 aliphatic carbocycles. The normalized spacial score (nSPS) is 16.5. The minimum atomic E-state index is 0.0173. The summed E-state index contributed by atoms with van der Waals surface area (Å²) in [5, 5.41) is 0. The third kappa shape index (κ3) is 2.61. The molecule has 0 fully saturated rings. The van der Waals surface area contributed by atoms with Gasteiger partial charge in [0.1, 0.15) is 0 Å². The molecule has 1 N–H and O–H groups in total. The molecule has 0 saturated carbocycles. The first-order valence-electron chi connectivity index (χ1n) is 8.98. The first-order valence-corrected chi connectivity index (χ1v) is 8.98. The quantitative estimate of drug-likeness (QED) is 0.599. The van der Waals surface area contributed by atoms with Crippen molar-refractivity contribution in [1.82, 2.24) is 24.4 Å². The zero-order chi connectivity index (χ0) is 18.4. The summed E-state index contributed by atoms with van der Waals surface area (Å²) in [4.78, 5) is 27.2. The molecule has 0 radical (unpaired) electrons. The Labute approximate surface area is 156 Å². The van der Waals surface area contributed by atoms with E-state index in [-0.39, 0.29) is 11.8 Å². The molecular formula is C21H19N5O. The number of carbonyl (C=O) groups excluding carboxylic acids is 1. The zero-order valence-corrected chi connectivity index (χ0v) is 15.0. The van der Waals surface area contributed by atoms with Crippen molar-refractivity contribution >= 4 is 16.9 Å². The Hall–Kier alpha value is -3.41. The lowest BCUT2D eigenvalue weighted by molar-refractivity contribution is 0.0722. The highest BCUT2D eigenvalue weighted by Crippen LogP contribution is 2.32. The summed E-state index contributed by atoms with van der Waals surface area (Å²) in [5.41, 5.74) is 5.72. The van der Waals surface area contributed by atoms with E-state index in [1.165, 1.54) is 5.56 Å². The van der Waals surface area contributed by atoms with E-state index in [1.54, 1.807) is 12.7 Å². The second-order valence-corrected chi connectivity index (χ2v) is 6.97. The van der Waals surface area contributed by atoms with Crippen molar-refractivity contribution in [2.24, 2.45) is 7.05 Å². The van der Waals surface area contributed by atoms with Gasteiger partial charge in [-0.25, -0.2) is 9.97 Å². The SMILES string of the molecule is Cn1cnc2cc(C(=O)N3Cc4[nH]cnc4C(c4ccccc4)C3)ccc21. The Morgan fingerprint density at radius 2 is 2.00 bits per heavy atom. The van der Waals surface area contributed by atoms with Crippen molar-refractivity contribution in [1.29, 1.82) is 0 Å². The maximum Gasteiger partial charge on any atom is 0.254 e. The fraction of sp³-hybridized carbons (Fsp3) is 0.190. The Morgan fingerprint density at radius 1 is 1.15 bits per heavy atom. The van der Waals surface area contributed by atoms with Crippen LogP contribution in [0.4, 0.5) is 0 Å². The second kappa shape index (κ2) is 6.09. The standard InChI is InChI=1S/C21H19N5O/c1-25-13-24-17-9-15(7-8-19(17)25)21(27)26-10-16(14-5-3-2-4-6-14)20-18(11-26)22-12-23-20/h2-9,12-13,16H,10-11H2,1H3,(H,22,23). The smallest absolute Gasteiger partial charge is 0.254 e. The average molecular weight is 357 g/mol. The van der Waals surface area contributed by atoms with E-state index in [9.17, 15) is 4.79 Å². The maximum absolute atomic E-state index is 13.2. The van der Waals surface area contributed by atoms with Gasteiger partial charge in [0.05, 0.1) is 41.6 Å². The van der Waals surface area contributed by atoms with Crippen LogP contribution in [0.3, 0.4) is 0 Å². The lowest BCUT2D eigenvalue weighted by atomic mass is 9.90. The number of fused-ring (bicyclic) bond motifs is 2.